The average molecular weight is 414 g/mol. The topological polar surface area (TPSA) is 88.1 Å². The van der Waals surface area contributed by atoms with E-state index in [1.165, 1.54) is 14.2 Å². The van der Waals surface area contributed by atoms with Gasteiger partial charge in [-0.15, -0.1) is 0 Å². The summed E-state index contributed by atoms with van der Waals surface area (Å²) in [5.41, 5.74) is 2.05. The summed E-state index contributed by atoms with van der Waals surface area (Å²) >= 11 is 0. The summed E-state index contributed by atoms with van der Waals surface area (Å²) in [5, 5.41) is 0. The second-order valence-corrected chi connectivity index (χ2v) is 6.38. The van der Waals surface area contributed by atoms with Crippen molar-refractivity contribution < 1.29 is 33.3 Å². The van der Waals surface area contributed by atoms with Crippen LogP contribution in [0, 0.1) is 0 Å². The van der Waals surface area contributed by atoms with Gasteiger partial charge >= 0.3 is 5.97 Å². The minimum atomic E-state index is -1.03. The van der Waals surface area contributed by atoms with Gasteiger partial charge in [-0.2, -0.15) is 0 Å². The number of benzene rings is 2. The molecule has 0 unspecified atom stereocenters. The molecule has 0 atom stereocenters. The third-order valence-electron chi connectivity index (χ3n) is 4.29. The molecule has 7 nitrogen and oxygen atoms in total. The Labute approximate surface area is 175 Å². The Morgan fingerprint density at radius 1 is 0.900 bits per heavy atom. The molecular formula is C23H26O7. The van der Waals surface area contributed by atoms with Crippen LogP contribution in [-0.4, -0.2) is 51.6 Å². The van der Waals surface area contributed by atoms with Gasteiger partial charge in [0.2, 0.25) is 5.78 Å². The van der Waals surface area contributed by atoms with Gasteiger partial charge in [-0.1, -0.05) is 36.4 Å². The summed E-state index contributed by atoms with van der Waals surface area (Å²) in [6.07, 6.45) is -0.0401. The molecule has 0 aromatic heterocycles. The van der Waals surface area contributed by atoms with Crippen LogP contribution in [-0.2, 0) is 25.5 Å². The fraction of sp³-hybridized carbons (Fsp3) is 0.348. The molecule has 0 radical (unpaired) electrons. The van der Waals surface area contributed by atoms with Crippen molar-refractivity contribution in [2.24, 2.45) is 0 Å². The van der Waals surface area contributed by atoms with Crippen molar-refractivity contribution in [3.05, 3.63) is 59.2 Å². The summed E-state index contributed by atoms with van der Waals surface area (Å²) in [6, 6.07) is 13.1. The van der Waals surface area contributed by atoms with Gasteiger partial charge in [0.25, 0.3) is 0 Å². The molecule has 0 spiro atoms. The number of rotatable bonds is 12. The van der Waals surface area contributed by atoms with E-state index in [1.54, 1.807) is 19.1 Å². The van der Waals surface area contributed by atoms with Crippen molar-refractivity contribution in [2.45, 2.75) is 19.8 Å². The van der Waals surface area contributed by atoms with Gasteiger partial charge in [-0.3, -0.25) is 9.59 Å². The van der Waals surface area contributed by atoms with Crippen LogP contribution in [0.25, 0.3) is 0 Å². The van der Waals surface area contributed by atoms with E-state index in [2.05, 4.69) is 4.74 Å². The van der Waals surface area contributed by atoms with E-state index >= 15 is 0 Å². The molecule has 0 amide bonds. The molecule has 7 heteroatoms. The van der Waals surface area contributed by atoms with E-state index < -0.39 is 24.0 Å². The van der Waals surface area contributed by atoms with Crippen LogP contribution in [0.4, 0.5) is 0 Å². The van der Waals surface area contributed by atoms with E-state index in [0.29, 0.717) is 18.8 Å². The van der Waals surface area contributed by atoms with Crippen LogP contribution in [0.5, 0.6) is 11.5 Å². The van der Waals surface area contributed by atoms with Gasteiger partial charge in [-0.05, 0) is 18.6 Å². The largest absolute Gasteiger partial charge is 0.493 e. The van der Waals surface area contributed by atoms with Crippen LogP contribution in [0.1, 0.15) is 34.8 Å². The molecule has 160 valence electrons. The molecule has 0 aliphatic heterocycles. The monoisotopic (exact) mass is 414 g/mol. The molecule has 2 rings (SSSR count). The van der Waals surface area contributed by atoms with E-state index in [1.807, 2.05) is 30.3 Å². The second-order valence-electron chi connectivity index (χ2n) is 6.38. The Hall–Kier alpha value is -3.19. The first-order valence-electron chi connectivity index (χ1n) is 9.60. The molecule has 0 bridgehead atoms. The number of hydrogen-bond acceptors (Lipinski definition) is 7. The maximum Gasteiger partial charge on any atom is 0.375 e. The van der Waals surface area contributed by atoms with Gasteiger partial charge < -0.3 is 18.9 Å². The van der Waals surface area contributed by atoms with Gasteiger partial charge in [0.1, 0.15) is 6.61 Å². The normalized spacial score (nSPS) is 10.4. The minimum Gasteiger partial charge on any atom is -0.493 e. The second kappa shape index (κ2) is 11.7. The molecule has 0 heterocycles. The molecular weight excluding hydrogens is 388 g/mol. The average Bonchev–Trinajstić information content (AvgIpc) is 2.74. The predicted octanol–water partition coefficient (Wildman–Crippen LogP) is 3.02. The van der Waals surface area contributed by atoms with Gasteiger partial charge in [-0.25, -0.2) is 4.79 Å². The van der Waals surface area contributed by atoms with Crippen molar-refractivity contribution in [1.82, 2.24) is 0 Å². The molecule has 0 saturated heterocycles. The standard InChI is InChI=1S/C23H26O7/c1-4-29-23(26)20(25)15-19(24)18-11-10-17(14-16-8-6-5-7-9-16)21(28-3)22(18)30-13-12-27-2/h5-11H,4,12-15H2,1-3H3. The van der Waals surface area contributed by atoms with Crippen molar-refractivity contribution in [3.8, 4) is 11.5 Å². The summed E-state index contributed by atoms with van der Waals surface area (Å²) in [5.74, 6) is -1.85. The minimum absolute atomic E-state index is 0.0617. The Morgan fingerprint density at radius 2 is 1.63 bits per heavy atom. The number of Topliss-reactive ketones (excluding diaryl/α,β-unsaturated/α-hetero) is 2. The van der Waals surface area contributed by atoms with Crippen molar-refractivity contribution in [1.29, 1.82) is 0 Å². The fourth-order valence-electron chi connectivity index (χ4n) is 2.90. The lowest BCUT2D eigenvalue weighted by atomic mass is 9.98. The zero-order chi connectivity index (χ0) is 21.9. The molecule has 2 aromatic rings. The molecule has 2 aromatic carbocycles. The van der Waals surface area contributed by atoms with E-state index in [4.69, 9.17) is 14.2 Å². The molecule has 0 fully saturated rings. The smallest absolute Gasteiger partial charge is 0.375 e. The van der Waals surface area contributed by atoms with Crippen molar-refractivity contribution in [3.63, 3.8) is 0 Å². The highest BCUT2D eigenvalue weighted by Crippen LogP contribution is 2.37. The lowest BCUT2D eigenvalue weighted by Gasteiger charge is -2.18. The molecule has 30 heavy (non-hydrogen) atoms. The van der Waals surface area contributed by atoms with Crippen LogP contribution in [0.2, 0.25) is 0 Å². The predicted molar refractivity (Wildman–Crippen MR) is 110 cm³/mol. The van der Waals surface area contributed by atoms with Gasteiger partial charge in [0.05, 0.1) is 32.3 Å². The molecule has 0 N–H and O–H groups in total. The fourth-order valence-corrected chi connectivity index (χ4v) is 2.90. The van der Waals surface area contributed by atoms with Crippen LogP contribution in [0.3, 0.4) is 0 Å². The summed E-state index contributed by atoms with van der Waals surface area (Å²) in [7, 11) is 3.03. The zero-order valence-corrected chi connectivity index (χ0v) is 17.4. The number of carbonyl (C=O) groups is 3. The third kappa shape index (κ3) is 6.15. The first kappa shape index (κ1) is 23.1. The zero-order valence-electron chi connectivity index (χ0n) is 17.4. The molecule has 0 saturated carbocycles. The molecule has 0 aliphatic rings. The van der Waals surface area contributed by atoms with E-state index in [9.17, 15) is 14.4 Å². The number of esters is 1. The van der Waals surface area contributed by atoms with E-state index in [0.717, 1.165) is 11.1 Å². The van der Waals surface area contributed by atoms with Crippen LogP contribution < -0.4 is 9.47 Å². The Bertz CT molecular complexity index is 875. The molecule has 0 aliphatic carbocycles. The number of ether oxygens (including phenoxy) is 4. The first-order valence-corrected chi connectivity index (χ1v) is 9.60. The Morgan fingerprint density at radius 3 is 2.27 bits per heavy atom. The maximum absolute atomic E-state index is 12.8. The number of methoxy groups -OCH3 is 2. The van der Waals surface area contributed by atoms with Gasteiger partial charge in [0, 0.05) is 19.1 Å². The quantitative estimate of drug-likeness (QED) is 0.173. The van der Waals surface area contributed by atoms with Crippen LogP contribution in [0.15, 0.2) is 42.5 Å². The highest BCUT2D eigenvalue weighted by molar-refractivity contribution is 6.38. The lowest BCUT2D eigenvalue weighted by molar-refractivity contribution is -0.153. The Kier molecular flexibility index (Phi) is 9.03. The highest BCUT2D eigenvalue weighted by Gasteiger charge is 2.25. The maximum atomic E-state index is 12.8. The number of carbonyl (C=O) groups excluding carboxylic acids is 3. The van der Waals surface area contributed by atoms with Gasteiger partial charge in [0.15, 0.2) is 17.3 Å². The van der Waals surface area contributed by atoms with Crippen molar-refractivity contribution >= 4 is 17.5 Å². The first-order chi connectivity index (χ1) is 14.5. The lowest BCUT2D eigenvalue weighted by Crippen LogP contribution is -2.21. The summed E-state index contributed by atoms with van der Waals surface area (Å²) in [4.78, 5) is 36.3. The summed E-state index contributed by atoms with van der Waals surface area (Å²) in [6.45, 7) is 2.15. The van der Waals surface area contributed by atoms with E-state index in [-0.39, 0.29) is 24.5 Å². The Balaban J connectivity index is 2.37. The number of hydrogen-bond donors (Lipinski definition) is 0. The SMILES string of the molecule is CCOC(=O)C(=O)CC(=O)c1ccc(Cc2ccccc2)c(OC)c1OCCOC. The third-order valence-corrected chi connectivity index (χ3v) is 4.29. The number of ketones is 2. The summed E-state index contributed by atoms with van der Waals surface area (Å²) < 4.78 is 21.0. The highest BCUT2D eigenvalue weighted by atomic mass is 16.5. The van der Waals surface area contributed by atoms with Crippen molar-refractivity contribution in [2.75, 3.05) is 34.0 Å². The van der Waals surface area contributed by atoms with Crippen LogP contribution >= 0.6 is 0 Å².